The van der Waals surface area contributed by atoms with E-state index in [1.807, 2.05) is 0 Å². The fourth-order valence-electron chi connectivity index (χ4n) is 2.29. The van der Waals surface area contributed by atoms with E-state index in [0.29, 0.717) is 19.6 Å². The van der Waals surface area contributed by atoms with E-state index in [9.17, 15) is 24.0 Å². The molecule has 0 bridgehead atoms. The van der Waals surface area contributed by atoms with Gasteiger partial charge in [-0.05, 0) is 62.3 Å². The molecule has 2 rings (SSSR count). The van der Waals surface area contributed by atoms with Crippen molar-refractivity contribution in [2.75, 3.05) is 39.3 Å². The maximum absolute atomic E-state index is 11.5. The van der Waals surface area contributed by atoms with E-state index in [-0.39, 0.29) is 18.4 Å². The molecule has 36 heavy (non-hydrogen) atoms. The Kier molecular flexibility index (Phi) is 13.2. The summed E-state index contributed by atoms with van der Waals surface area (Å²) in [6, 6.07) is 0. The molecule has 0 aromatic rings. The van der Waals surface area contributed by atoms with Crippen LogP contribution in [0.5, 0.6) is 0 Å². The Morgan fingerprint density at radius 1 is 0.694 bits per heavy atom. The van der Waals surface area contributed by atoms with Gasteiger partial charge < -0.3 is 34.9 Å². The third kappa shape index (κ3) is 19.2. The standard InChI is InChI=1S/C10H18O5.C9H16N2O3.C4H8N2O/c1-9(2,3)14-7(11)13-8(12)15-10(4,5)6;1-9(2,3)14-8(13)11-5-4-10-7(12)6-11;7-4-3-5-1-2-6-4/h1-6H3;4-6H2,1-3H3,(H,10,12);5H,1-3H2,(H,6,7). The van der Waals surface area contributed by atoms with Gasteiger partial charge in [-0.3, -0.25) is 14.5 Å². The second kappa shape index (κ2) is 14.5. The maximum Gasteiger partial charge on any atom is 0.519 e. The lowest BCUT2D eigenvalue weighted by Crippen LogP contribution is -2.51. The number of rotatable bonds is 0. The quantitative estimate of drug-likeness (QED) is 0.245. The second-order valence-electron chi connectivity index (χ2n) is 10.8. The zero-order valence-corrected chi connectivity index (χ0v) is 22.9. The van der Waals surface area contributed by atoms with Crippen LogP contribution in [0.2, 0.25) is 0 Å². The first-order valence-electron chi connectivity index (χ1n) is 11.6. The molecule has 0 aromatic carbocycles. The smallest absolute Gasteiger partial charge is 0.444 e. The van der Waals surface area contributed by atoms with Crippen molar-refractivity contribution >= 4 is 30.2 Å². The Bertz CT molecular complexity index is 731. The summed E-state index contributed by atoms with van der Waals surface area (Å²) in [5.41, 5.74) is -1.90. The van der Waals surface area contributed by atoms with Gasteiger partial charge in [-0.1, -0.05) is 0 Å². The van der Waals surface area contributed by atoms with E-state index in [1.165, 1.54) is 4.90 Å². The highest BCUT2D eigenvalue weighted by Crippen LogP contribution is 2.12. The molecule has 3 amide bonds. The lowest BCUT2D eigenvalue weighted by atomic mass is 10.2. The van der Waals surface area contributed by atoms with Crippen LogP contribution in [-0.2, 0) is 28.5 Å². The summed E-state index contributed by atoms with van der Waals surface area (Å²) in [5.74, 6) is -0.0339. The number of carbonyl (C=O) groups is 5. The number of amides is 3. The predicted octanol–water partition coefficient (Wildman–Crippen LogP) is 1.93. The first-order chi connectivity index (χ1) is 16.3. The van der Waals surface area contributed by atoms with E-state index in [0.717, 1.165) is 13.1 Å². The molecular formula is C23H42N4O9. The lowest BCUT2D eigenvalue weighted by Gasteiger charge is -2.29. The molecular weight excluding hydrogens is 476 g/mol. The van der Waals surface area contributed by atoms with E-state index < -0.39 is 35.2 Å². The molecule has 0 atom stereocenters. The lowest BCUT2D eigenvalue weighted by molar-refractivity contribution is -0.124. The summed E-state index contributed by atoms with van der Waals surface area (Å²) < 4.78 is 18.9. The van der Waals surface area contributed by atoms with Gasteiger partial charge in [0.15, 0.2) is 0 Å². The van der Waals surface area contributed by atoms with Crippen molar-refractivity contribution in [1.29, 1.82) is 0 Å². The molecule has 208 valence electrons. The van der Waals surface area contributed by atoms with Crippen LogP contribution in [0.4, 0.5) is 14.4 Å². The molecule has 13 heteroatoms. The van der Waals surface area contributed by atoms with Gasteiger partial charge >= 0.3 is 18.4 Å². The Morgan fingerprint density at radius 2 is 1.17 bits per heavy atom. The predicted molar refractivity (Wildman–Crippen MR) is 130 cm³/mol. The topological polar surface area (TPSA) is 162 Å². The summed E-state index contributed by atoms with van der Waals surface area (Å²) >= 11 is 0. The summed E-state index contributed by atoms with van der Waals surface area (Å²) in [6.07, 6.45) is -2.54. The average Bonchev–Trinajstić information content (AvgIpc) is 2.65. The monoisotopic (exact) mass is 518 g/mol. The van der Waals surface area contributed by atoms with Crippen molar-refractivity contribution in [2.45, 2.75) is 79.1 Å². The number of piperazine rings is 2. The average molecular weight is 519 g/mol. The molecule has 0 spiro atoms. The van der Waals surface area contributed by atoms with Gasteiger partial charge in [0.25, 0.3) is 0 Å². The minimum Gasteiger partial charge on any atom is -0.444 e. The molecule has 2 aliphatic rings. The van der Waals surface area contributed by atoms with Crippen LogP contribution in [0.3, 0.4) is 0 Å². The van der Waals surface area contributed by atoms with Gasteiger partial charge in [0.2, 0.25) is 11.8 Å². The minimum atomic E-state index is -1.06. The van der Waals surface area contributed by atoms with Crippen molar-refractivity contribution in [2.24, 2.45) is 0 Å². The molecule has 13 nitrogen and oxygen atoms in total. The van der Waals surface area contributed by atoms with Crippen LogP contribution < -0.4 is 16.0 Å². The Labute approximate surface area is 212 Å². The minimum absolute atomic E-state index is 0.0922. The Balaban J connectivity index is 0.000000541. The van der Waals surface area contributed by atoms with E-state index in [2.05, 4.69) is 20.7 Å². The van der Waals surface area contributed by atoms with Gasteiger partial charge in [0.1, 0.15) is 23.3 Å². The Hall–Kier alpha value is -3.09. The first kappa shape index (κ1) is 32.9. The largest absolute Gasteiger partial charge is 0.519 e. The molecule has 2 heterocycles. The van der Waals surface area contributed by atoms with Crippen molar-refractivity contribution in [3.63, 3.8) is 0 Å². The van der Waals surface area contributed by atoms with Crippen molar-refractivity contribution < 1.29 is 42.9 Å². The molecule has 2 fully saturated rings. The van der Waals surface area contributed by atoms with Crippen LogP contribution in [0.15, 0.2) is 0 Å². The molecule has 0 aliphatic carbocycles. The van der Waals surface area contributed by atoms with Crippen LogP contribution >= 0.6 is 0 Å². The molecule has 3 N–H and O–H groups in total. The van der Waals surface area contributed by atoms with Crippen molar-refractivity contribution in [3.8, 4) is 0 Å². The highest BCUT2D eigenvalue weighted by molar-refractivity contribution is 5.83. The van der Waals surface area contributed by atoms with Gasteiger partial charge in [0, 0.05) is 26.2 Å². The highest BCUT2D eigenvalue weighted by Gasteiger charge is 2.26. The van der Waals surface area contributed by atoms with Crippen LogP contribution in [0.25, 0.3) is 0 Å². The van der Waals surface area contributed by atoms with E-state index in [4.69, 9.17) is 14.2 Å². The summed E-state index contributed by atoms with van der Waals surface area (Å²) in [7, 11) is 0. The van der Waals surface area contributed by atoms with Crippen LogP contribution in [0, 0.1) is 0 Å². The van der Waals surface area contributed by atoms with Crippen molar-refractivity contribution in [3.05, 3.63) is 0 Å². The SMILES string of the molecule is CC(C)(C)OC(=O)N1CCNC(=O)C1.CC(C)(C)OC(=O)OC(=O)OC(C)(C)C.O=C1CNCCN1. The molecule has 2 saturated heterocycles. The maximum atomic E-state index is 11.5. The van der Waals surface area contributed by atoms with Gasteiger partial charge in [-0.2, -0.15) is 0 Å². The molecule has 0 aromatic heterocycles. The number of hydrogen-bond acceptors (Lipinski definition) is 10. The van der Waals surface area contributed by atoms with Crippen LogP contribution in [0.1, 0.15) is 62.3 Å². The summed E-state index contributed by atoms with van der Waals surface area (Å²) in [4.78, 5) is 56.2. The molecule has 0 unspecified atom stereocenters. The number of carbonyl (C=O) groups excluding carboxylic acids is 5. The second-order valence-corrected chi connectivity index (χ2v) is 10.8. The van der Waals surface area contributed by atoms with Gasteiger partial charge in [-0.25, -0.2) is 14.4 Å². The van der Waals surface area contributed by atoms with E-state index in [1.54, 1.807) is 62.3 Å². The third-order valence-electron chi connectivity index (χ3n) is 3.55. The highest BCUT2D eigenvalue weighted by atomic mass is 16.8. The van der Waals surface area contributed by atoms with Gasteiger partial charge in [-0.15, -0.1) is 0 Å². The van der Waals surface area contributed by atoms with Crippen LogP contribution in [-0.4, -0.2) is 91.2 Å². The third-order valence-corrected chi connectivity index (χ3v) is 3.55. The molecule has 2 aliphatic heterocycles. The summed E-state index contributed by atoms with van der Waals surface area (Å²) in [6.45, 7) is 18.7. The fraction of sp³-hybridized carbons (Fsp3) is 0.783. The number of hydrogen-bond donors (Lipinski definition) is 3. The normalized spacial score (nSPS) is 16.0. The number of ether oxygens (including phenoxy) is 4. The van der Waals surface area contributed by atoms with Crippen molar-refractivity contribution in [1.82, 2.24) is 20.9 Å². The fourth-order valence-corrected chi connectivity index (χ4v) is 2.29. The number of nitrogens with one attached hydrogen (secondary N) is 3. The van der Waals surface area contributed by atoms with E-state index >= 15 is 0 Å². The number of nitrogens with zero attached hydrogens (tertiary/aromatic N) is 1. The zero-order chi connectivity index (χ0) is 28.2. The zero-order valence-electron chi connectivity index (χ0n) is 22.9. The Morgan fingerprint density at radius 3 is 1.50 bits per heavy atom. The first-order valence-corrected chi connectivity index (χ1v) is 11.6. The molecule has 0 saturated carbocycles. The molecule has 0 radical (unpaired) electrons. The van der Waals surface area contributed by atoms with Gasteiger partial charge in [0.05, 0.1) is 6.54 Å². The summed E-state index contributed by atoms with van der Waals surface area (Å²) in [5, 5.41) is 8.24.